The highest BCUT2D eigenvalue weighted by atomic mass is 16.3. The number of rotatable bonds is 7. The van der Waals surface area contributed by atoms with Crippen LogP contribution in [0.25, 0.3) is 0 Å². The Bertz CT molecular complexity index is 669. The van der Waals surface area contributed by atoms with Crippen molar-refractivity contribution in [2.24, 2.45) is 0 Å². The van der Waals surface area contributed by atoms with Gasteiger partial charge in [-0.1, -0.05) is 42.5 Å². The van der Waals surface area contributed by atoms with E-state index in [0.29, 0.717) is 18.7 Å². The van der Waals surface area contributed by atoms with Crippen molar-refractivity contribution in [3.63, 3.8) is 0 Å². The van der Waals surface area contributed by atoms with Gasteiger partial charge in [-0.3, -0.25) is 9.59 Å². The summed E-state index contributed by atoms with van der Waals surface area (Å²) in [6.45, 7) is 0.689. The summed E-state index contributed by atoms with van der Waals surface area (Å²) < 4.78 is 0. The normalized spacial score (nSPS) is 10.2. The SMILES string of the molecule is CNC(=O)c1ccc(CC(=O)N(CCO)Cc2ccccc2)cc1. The number of hydrogen-bond acceptors (Lipinski definition) is 3. The zero-order chi connectivity index (χ0) is 17.4. The molecule has 0 unspecified atom stereocenters. The number of aliphatic hydroxyl groups excluding tert-OH is 1. The van der Waals surface area contributed by atoms with Gasteiger partial charge in [0, 0.05) is 25.7 Å². The van der Waals surface area contributed by atoms with Gasteiger partial charge in [0.1, 0.15) is 0 Å². The quantitative estimate of drug-likeness (QED) is 0.812. The third-order valence-electron chi connectivity index (χ3n) is 3.74. The maximum Gasteiger partial charge on any atom is 0.251 e. The Morgan fingerprint density at radius 1 is 1.00 bits per heavy atom. The number of aliphatic hydroxyl groups is 1. The highest BCUT2D eigenvalue weighted by Gasteiger charge is 2.14. The molecule has 0 saturated heterocycles. The molecule has 0 radical (unpaired) electrons. The molecule has 0 aliphatic rings. The molecule has 0 atom stereocenters. The van der Waals surface area contributed by atoms with Crippen LogP contribution in [0.15, 0.2) is 54.6 Å². The number of carbonyl (C=O) groups is 2. The van der Waals surface area contributed by atoms with Gasteiger partial charge in [0.05, 0.1) is 13.0 Å². The second-order valence-corrected chi connectivity index (χ2v) is 5.48. The van der Waals surface area contributed by atoms with Gasteiger partial charge in [-0.25, -0.2) is 0 Å². The summed E-state index contributed by atoms with van der Waals surface area (Å²) in [6.07, 6.45) is 0.237. The van der Waals surface area contributed by atoms with E-state index in [1.807, 2.05) is 30.3 Å². The fourth-order valence-corrected chi connectivity index (χ4v) is 2.42. The summed E-state index contributed by atoms with van der Waals surface area (Å²) in [4.78, 5) is 25.7. The lowest BCUT2D eigenvalue weighted by molar-refractivity contribution is -0.131. The van der Waals surface area contributed by atoms with Gasteiger partial charge < -0.3 is 15.3 Å². The van der Waals surface area contributed by atoms with Crippen molar-refractivity contribution in [1.29, 1.82) is 0 Å². The van der Waals surface area contributed by atoms with Crippen LogP contribution in [0.1, 0.15) is 21.5 Å². The Morgan fingerprint density at radius 3 is 2.25 bits per heavy atom. The predicted molar refractivity (Wildman–Crippen MR) is 92.5 cm³/mol. The van der Waals surface area contributed by atoms with Gasteiger partial charge in [-0.05, 0) is 23.3 Å². The first-order chi connectivity index (χ1) is 11.6. The van der Waals surface area contributed by atoms with E-state index in [4.69, 9.17) is 0 Å². The van der Waals surface area contributed by atoms with Gasteiger partial charge >= 0.3 is 0 Å². The first-order valence-electron chi connectivity index (χ1n) is 7.87. The number of benzene rings is 2. The predicted octanol–water partition coefficient (Wildman–Crippen LogP) is 1.61. The van der Waals surface area contributed by atoms with Crippen molar-refractivity contribution in [2.75, 3.05) is 20.2 Å². The Morgan fingerprint density at radius 2 is 1.67 bits per heavy atom. The topological polar surface area (TPSA) is 69.6 Å². The van der Waals surface area contributed by atoms with Crippen molar-refractivity contribution in [1.82, 2.24) is 10.2 Å². The van der Waals surface area contributed by atoms with Crippen LogP contribution in [0.5, 0.6) is 0 Å². The Hall–Kier alpha value is -2.66. The van der Waals surface area contributed by atoms with Crippen LogP contribution in [0.2, 0.25) is 0 Å². The molecule has 2 rings (SSSR count). The van der Waals surface area contributed by atoms with Crippen LogP contribution in [-0.2, 0) is 17.8 Å². The van der Waals surface area contributed by atoms with E-state index < -0.39 is 0 Å². The number of nitrogens with one attached hydrogen (secondary N) is 1. The van der Waals surface area contributed by atoms with Crippen molar-refractivity contribution < 1.29 is 14.7 Å². The van der Waals surface area contributed by atoms with E-state index in [1.54, 1.807) is 36.2 Å². The Balaban J connectivity index is 2.03. The molecular weight excluding hydrogens is 304 g/mol. The average molecular weight is 326 g/mol. The molecular formula is C19H22N2O3. The molecule has 2 N–H and O–H groups in total. The smallest absolute Gasteiger partial charge is 0.251 e. The largest absolute Gasteiger partial charge is 0.395 e. The van der Waals surface area contributed by atoms with Crippen LogP contribution < -0.4 is 5.32 Å². The fraction of sp³-hybridized carbons (Fsp3) is 0.263. The molecule has 0 aromatic heterocycles. The molecule has 0 fully saturated rings. The van der Waals surface area contributed by atoms with Crippen LogP contribution in [0, 0.1) is 0 Å². The minimum absolute atomic E-state index is 0.0550. The van der Waals surface area contributed by atoms with E-state index >= 15 is 0 Å². The van der Waals surface area contributed by atoms with E-state index in [-0.39, 0.29) is 24.8 Å². The number of hydrogen-bond donors (Lipinski definition) is 2. The summed E-state index contributed by atoms with van der Waals surface area (Å²) >= 11 is 0. The fourth-order valence-electron chi connectivity index (χ4n) is 2.42. The van der Waals surface area contributed by atoms with Crippen LogP contribution in [0.3, 0.4) is 0 Å². The molecule has 0 heterocycles. The lowest BCUT2D eigenvalue weighted by Gasteiger charge is -2.22. The summed E-state index contributed by atoms with van der Waals surface area (Å²) in [5.41, 5.74) is 2.42. The van der Waals surface area contributed by atoms with Gasteiger partial charge in [0.2, 0.25) is 5.91 Å². The highest BCUT2D eigenvalue weighted by Crippen LogP contribution is 2.10. The summed E-state index contributed by atoms with van der Waals surface area (Å²) in [6, 6.07) is 16.7. The van der Waals surface area contributed by atoms with E-state index in [0.717, 1.165) is 11.1 Å². The van der Waals surface area contributed by atoms with Crippen molar-refractivity contribution in [2.45, 2.75) is 13.0 Å². The summed E-state index contributed by atoms with van der Waals surface area (Å²) in [7, 11) is 1.58. The van der Waals surface area contributed by atoms with Gasteiger partial charge in [-0.2, -0.15) is 0 Å². The number of nitrogens with zero attached hydrogens (tertiary/aromatic N) is 1. The monoisotopic (exact) mass is 326 g/mol. The Labute approximate surface area is 141 Å². The first kappa shape index (κ1) is 17.7. The molecule has 0 aliphatic heterocycles. The van der Waals surface area contributed by atoms with Crippen LogP contribution in [0.4, 0.5) is 0 Å². The minimum Gasteiger partial charge on any atom is -0.395 e. The lowest BCUT2D eigenvalue weighted by Crippen LogP contribution is -2.34. The second-order valence-electron chi connectivity index (χ2n) is 5.48. The van der Waals surface area contributed by atoms with Gasteiger partial charge in [0.15, 0.2) is 0 Å². The van der Waals surface area contributed by atoms with Gasteiger partial charge in [0.25, 0.3) is 5.91 Å². The number of carbonyl (C=O) groups excluding carboxylic acids is 2. The van der Waals surface area contributed by atoms with E-state index in [1.165, 1.54) is 0 Å². The molecule has 0 spiro atoms. The molecule has 2 aromatic carbocycles. The van der Waals surface area contributed by atoms with Crippen LogP contribution in [-0.4, -0.2) is 42.0 Å². The number of amides is 2. The zero-order valence-corrected chi connectivity index (χ0v) is 13.7. The van der Waals surface area contributed by atoms with Crippen molar-refractivity contribution in [3.05, 3.63) is 71.3 Å². The van der Waals surface area contributed by atoms with Crippen LogP contribution >= 0.6 is 0 Å². The highest BCUT2D eigenvalue weighted by molar-refractivity contribution is 5.94. The molecule has 126 valence electrons. The third kappa shape index (κ3) is 4.93. The summed E-state index contributed by atoms with van der Waals surface area (Å²) in [5.74, 6) is -0.209. The molecule has 5 nitrogen and oxygen atoms in total. The zero-order valence-electron chi connectivity index (χ0n) is 13.7. The van der Waals surface area contributed by atoms with Crippen molar-refractivity contribution in [3.8, 4) is 0 Å². The van der Waals surface area contributed by atoms with Gasteiger partial charge in [-0.15, -0.1) is 0 Å². The molecule has 0 aliphatic carbocycles. The molecule has 24 heavy (non-hydrogen) atoms. The first-order valence-corrected chi connectivity index (χ1v) is 7.87. The minimum atomic E-state index is -0.154. The molecule has 2 amide bonds. The lowest BCUT2D eigenvalue weighted by atomic mass is 10.1. The summed E-state index contributed by atoms with van der Waals surface area (Å²) in [5, 5.41) is 11.8. The average Bonchev–Trinajstić information content (AvgIpc) is 2.62. The van der Waals surface area contributed by atoms with E-state index in [2.05, 4.69) is 5.32 Å². The third-order valence-corrected chi connectivity index (χ3v) is 3.74. The molecule has 5 heteroatoms. The maximum atomic E-state index is 12.5. The second kappa shape index (κ2) is 8.84. The standard InChI is InChI=1S/C19H22N2O3/c1-20-19(24)17-9-7-15(8-10-17)13-18(23)21(11-12-22)14-16-5-3-2-4-6-16/h2-10,22H,11-14H2,1H3,(H,20,24). The molecule has 0 bridgehead atoms. The van der Waals surface area contributed by atoms with E-state index in [9.17, 15) is 14.7 Å². The maximum absolute atomic E-state index is 12.5. The van der Waals surface area contributed by atoms with Crippen molar-refractivity contribution >= 4 is 11.8 Å². The Kier molecular flexibility index (Phi) is 6.51. The molecule has 0 saturated carbocycles. The molecule has 2 aromatic rings.